The summed E-state index contributed by atoms with van der Waals surface area (Å²) in [5, 5.41) is 0. The molecule has 5 heteroatoms. The summed E-state index contributed by atoms with van der Waals surface area (Å²) in [5.41, 5.74) is 0.979. The maximum Gasteiger partial charge on any atom is 0.144 e. The van der Waals surface area contributed by atoms with Crippen LogP contribution in [0.3, 0.4) is 0 Å². The van der Waals surface area contributed by atoms with Gasteiger partial charge >= 0.3 is 0 Å². The molecule has 2 nitrogen and oxygen atoms in total. The summed E-state index contributed by atoms with van der Waals surface area (Å²) in [7, 11) is -1.20. The molecule has 16 heavy (non-hydrogen) atoms. The fraction of sp³-hybridized carbons (Fsp3) is 0.364. The minimum atomic E-state index is -1.20. The lowest BCUT2D eigenvalue weighted by Crippen LogP contribution is -2.19. The van der Waals surface area contributed by atoms with Crippen LogP contribution in [0.15, 0.2) is 27.1 Å². The van der Waals surface area contributed by atoms with Gasteiger partial charge in [-0.25, -0.2) is 4.21 Å². The molecule has 0 aliphatic rings. The van der Waals surface area contributed by atoms with E-state index in [0.29, 0.717) is 0 Å². The first-order valence-electron chi connectivity index (χ1n) is 4.72. The van der Waals surface area contributed by atoms with Gasteiger partial charge in [-0.05, 0) is 61.6 Å². The van der Waals surface area contributed by atoms with Crippen molar-refractivity contribution < 1.29 is 4.21 Å². The van der Waals surface area contributed by atoms with Gasteiger partial charge in [0.2, 0.25) is 0 Å². The molecule has 1 aromatic rings. The number of hydrogen-bond acceptors (Lipinski definition) is 1. The Hall–Kier alpha value is 0.250. The van der Waals surface area contributed by atoms with Gasteiger partial charge in [0.05, 0.1) is 4.75 Å². The van der Waals surface area contributed by atoms with E-state index in [9.17, 15) is 4.21 Å². The Morgan fingerprint density at radius 1 is 1.44 bits per heavy atom. The van der Waals surface area contributed by atoms with Crippen LogP contribution in [0.2, 0.25) is 0 Å². The van der Waals surface area contributed by atoms with Gasteiger partial charge in [0, 0.05) is 19.8 Å². The molecule has 0 fully saturated rings. The molecule has 0 N–H and O–H groups in total. The first-order chi connectivity index (χ1) is 7.30. The van der Waals surface area contributed by atoms with E-state index in [1.165, 1.54) is 0 Å². The van der Waals surface area contributed by atoms with Crippen LogP contribution in [0.1, 0.15) is 26.3 Å². The predicted molar refractivity (Wildman–Crippen MR) is 82.3 cm³/mol. The summed E-state index contributed by atoms with van der Waals surface area (Å²) in [6.45, 7) is 5.73. The first-order valence-corrected chi connectivity index (χ1v) is 7.69. The van der Waals surface area contributed by atoms with Crippen molar-refractivity contribution in [3.05, 3.63) is 31.8 Å². The molecule has 0 heterocycles. The Kier molecular flexibility index (Phi) is 5.12. The highest BCUT2D eigenvalue weighted by Gasteiger charge is 2.18. The number of nitrogens with zero attached hydrogens (tertiary/aromatic N) is 1. The van der Waals surface area contributed by atoms with E-state index < -0.39 is 11.0 Å². The first kappa shape index (κ1) is 14.3. The Labute approximate surface area is 121 Å². The normalized spacial score (nSPS) is 14.3. The summed E-state index contributed by atoms with van der Waals surface area (Å²) < 4.78 is 17.6. The zero-order valence-electron chi connectivity index (χ0n) is 9.33. The third kappa shape index (κ3) is 4.25. The molecule has 0 unspecified atom stereocenters. The van der Waals surface area contributed by atoms with E-state index in [4.69, 9.17) is 0 Å². The van der Waals surface area contributed by atoms with Gasteiger partial charge in [-0.1, -0.05) is 15.9 Å². The number of hydrogen-bond donors (Lipinski definition) is 0. The highest BCUT2D eigenvalue weighted by Crippen LogP contribution is 2.18. The molecule has 88 valence electrons. The summed E-state index contributed by atoms with van der Waals surface area (Å²) in [5.74, 6) is 0. The average Bonchev–Trinajstić information content (AvgIpc) is 2.17. The lowest BCUT2D eigenvalue weighted by atomic mass is 10.2. The molecule has 1 aromatic carbocycles. The second kappa shape index (κ2) is 5.73. The van der Waals surface area contributed by atoms with Crippen molar-refractivity contribution in [2.24, 2.45) is 4.40 Å². The van der Waals surface area contributed by atoms with Crippen LogP contribution in [-0.4, -0.2) is 15.2 Å². The maximum atomic E-state index is 11.7. The third-order valence-electron chi connectivity index (χ3n) is 1.77. The summed E-state index contributed by atoms with van der Waals surface area (Å²) in [4.78, 5) is 0. The second-order valence-corrected chi connectivity index (χ2v) is 8.27. The molecule has 1 atom stereocenters. The SMILES string of the molecule is CC(C)(C)[S@](=O)N=Cc1cc(Br)ccc1I. The van der Waals surface area contributed by atoms with Crippen molar-refractivity contribution in [3.8, 4) is 0 Å². The monoisotopic (exact) mass is 413 g/mol. The fourth-order valence-corrected chi connectivity index (χ4v) is 2.26. The van der Waals surface area contributed by atoms with Crippen molar-refractivity contribution in [2.75, 3.05) is 0 Å². The summed E-state index contributed by atoms with van der Waals surface area (Å²) in [6.07, 6.45) is 1.67. The van der Waals surface area contributed by atoms with Crippen molar-refractivity contribution >= 4 is 55.7 Å². The topological polar surface area (TPSA) is 29.4 Å². The van der Waals surface area contributed by atoms with E-state index in [1.807, 2.05) is 39.0 Å². The van der Waals surface area contributed by atoms with Crippen LogP contribution in [-0.2, 0) is 11.0 Å². The minimum absolute atomic E-state index is 0.312. The largest absolute Gasteiger partial charge is 0.234 e. The smallest absolute Gasteiger partial charge is 0.144 e. The zero-order valence-corrected chi connectivity index (χ0v) is 13.9. The number of benzene rings is 1. The van der Waals surface area contributed by atoms with Gasteiger partial charge in [0.25, 0.3) is 0 Å². The number of rotatable bonds is 2. The standard InChI is InChI=1S/C11H13BrINOS/c1-11(2,3)16(15)14-7-8-6-9(12)4-5-10(8)13/h4-7H,1-3H3/t16-/m0/s1. The fourth-order valence-electron chi connectivity index (χ4n) is 0.876. The number of halogens is 2. The average molecular weight is 414 g/mol. The van der Waals surface area contributed by atoms with Gasteiger partial charge in [0.15, 0.2) is 0 Å². The highest BCUT2D eigenvalue weighted by atomic mass is 127. The van der Waals surface area contributed by atoms with Gasteiger partial charge in [0.1, 0.15) is 11.0 Å². The van der Waals surface area contributed by atoms with Crippen molar-refractivity contribution in [1.29, 1.82) is 0 Å². The van der Waals surface area contributed by atoms with E-state index in [-0.39, 0.29) is 4.75 Å². The molecule has 0 spiro atoms. The molecule has 0 bridgehead atoms. The molecule has 0 radical (unpaired) electrons. The summed E-state index contributed by atoms with van der Waals surface area (Å²) in [6, 6.07) is 5.93. The maximum absolute atomic E-state index is 11.7. The molecule has 0 saturated heterocycles. The van der Waals surface area contributed by atoms with Crippen LogP contribution < -0.4 is 0 Å². The van der Waals surface area contributed by atoms with Crippen molar-refractivity contribution in [1.82, 2.24) is 0 Å². The van der Waals surface area contributed by atoms with Crippen LogP contribution in [0.5, 0.6) is 0 Å². The predicted octanol–water partition coefficient (Wildman–Crippen LogP) is 3.93. The Balaban J connectivity index is 2.93. The van der Waals surface area contributed by atoms with Crippen LogP contribution in [0, 0.1) is 3.57 Å². The van der Waals surface area contributed by atoms with E-state index in [0.717, 1.165) is 13.6 Å². The second-order valence-electron chi connectivity index (χ2n) is 4.26. The van der Waals surface area contributed by atoms with Crippen molar-refractivity contribution in [3.63, 3.8) is 0 Å². The molecule has 0 aliphatic carbocycles. The quantitative estimate of drug-likeness (QED) is 0.533. The lowest BCUT2D eigenvalue weighted by molar-refractivity contribution is 0.651. The Bertz CT molecular complexity index is 440. The van der Waals surface area contributed by atoms with Crippen molar-refractivity contribution in [2.45, 2.75) is 25.5 Å². The molecular weight excluding hydrogens is 401 g/mol. The van der Waals surface area contributed by atoms with Crippen LogP contribution in [0.4, 0.5) is 0 Å². The van der Waals surface area contributed by atoms with Crippen LogP contribution in [0.25, 0.3) is 0 Å². The van der Waals surface area contributed by atoms with Crippen LogP contribution >= 0.6 is 38.5 Å². The van der Waals surface area contributed by atoms with Gasteiger partial charge in [-0.15, -0.1) is 0 Å². The molecular formula is C11H13BrINOS. The third-order valence-corrected chi connectivity index (χ3v) is 4.59. The molecule has 0 aromatic heterocycles. The lowest BCUT2D eigenvalue weighted by Gasteiger charge is -2.12. The van der Waals surface area contributed by atoms with Gasteiger partial charge in [-0.3, -0.25) is 0 Å². The van der Waals surface area contributed by atoms with E-state index in [1.54, 1.807) is 6.21 Å². The van der Waals surface area contributed by atoms with Gasteiger partial charge < -0.3 is 0 Å². The van der Waals surface area contributed by atoms with E-state index in [2.05, 4.69) is 42.9 Å². The summed E-state index contributed by atoms with van der Waals surface area (Å²) >= 11 is 5.64. The minimum Gasteiger partial charge on any atom is -0.234 e. The Morgan fingerprint density at radius 2 is 2.06 bits per heavy atom. The zero-order chi connectivity index (χ0) is 12.3. The Morgan fingerprint density at radius 3 is 2.62 bits per heavy atom. The molecule has 0 amide bonds. The highest BCUT2D eigenvalue weighted by molar-refractivity contribution is 14.1. The molecule has 0 aliphatic heterocycles. The van der Waals surface area contributed by atoms with E-state index >= 15 is 0 Å². The van der Waals surface area contributed by atoms with Gasteiger partial charge in [-0.2, -0.15) is 4.40 Å². The molecule has 1 rings (SSSR count). The molecule has 0 saturated carbocycles.